The highest BCUT2D eigenvalue weighted by Crippen LogP contribution is 2.10. The van der Waals surface area contributed by atoms with E-state index in [0.717, 1.165) is 25.7 Å². The molecule has 0 aromatic rings. The van der Waals surface area contributed by atoms with Crippen LogP contribution in [0.3, 0.4) is 0 Å². The van der Waals surface area contributed by atoms with E-state index in [9.17, 15) is 9.59 Å². The monoisotopic (exact) mass is 184 g/mol. The average Bonchev–Trinajstić information content (AvgIpc) is 2.04. The van der Waals surface area contributed by atoms with Gasteiger partial charge in [0.05, 0.1) is 6.54 Å². The van der Waals surface area contributed by atoms with Gasteiger partial charge in [0.1, 0.15) is 0 Å². The van der Waals surface area contributed by atoms with E-state index in [1.54, 1.807) is 4.90 Å². The molecule has 4 heteroatoms. The summed E-state index contributed by atoms with van der Waals surface area (Å²) in [4.78, 5) is 23.6. The zero-order chi connectivity index (χ0) is 9.68. The van der Waals surface area contributed by atoms with Crippen LogP contribution in [0.5, 0.6) is 0 Å². The van der Waals surface area contributed by atoms with Crippen molar-refractivity contribution in [3.63, 3.8) is 0 Å². The number of carbonyl (C=O) groups excluding carboxylic acids is 2. The maximum absolute atomic E-state index is 11.4. The summed E-state index contributed by atoms with van der Waals surface area (Å²) in [5.74, 6) is -0.354. The van der Waals surface area contributed by atoms with Crippen LogP contribution >= 0.6 is 0 Å². The van der Waals surface area contributed by atoms with Gasteiger partial charge >= 0.3 is 0 Å². The van der Waals surface area contributed by atoms with Gasteiger partial charge in [0.25, 0.3) is 0 Å². The smallest absolute Gasteiger partial charge is 0.237 e. The van der Waals surface area contributed by atoms with Gasteiger partial charge in [0.15, 0.2) is 0 Å². The minimum absolute atomic E-state index is 0.0681. The molecule has 2 N–H and O–H groups in total. The first kappa shape index (κ1) is 10.0. The molecule has 0 unspecified atom stereocenters. The number of carbonyl (C=O) groups is 2. The summed E-state index contributed by atoms with van der Waals surface area (Å²) in [6.45, 7) is 0.764. The predicted octanol–water partition coefficient (Wildman–Crippen LogP) is 0.264. The maximum Gasteiger partial charge on any atom is 0.237 e. The second-order valence-electron chi connectivity index (χ2n) is 3.45. The van der Waals surface area contributed by atoms with Gasteiger partial charge in [-0.05, 0) is 12.8 Å². The summed E-state index contributed by atoms with van der Waals surface area (Å²) >= 11 is 0. The molecule has 4 nitrogen and oxygen atoms in total. The fourth-order valence-electron chi connectivity index (χ4n) is 1.57. The van der Waals surface area contributed by atoms with Crippen molar-refractivity contribution in [2.45, 2.75) is 32.1 Å². The number of primary amides is 1. The van der Waals surface area contributed by atoms with Crippen molar-refractivity contribution in [3.05, 3.63) is 0 Å². The van der Waals surface area contributed by atoms with E-state index in [0.29, 0.717) is 13.0 Å². The van der Waals surface area contributed by atoms with E-state index in [1.807, 2.05) is 0 Å². The lowest BCUT2D eigenvalue weighted by molar-refractivity contribution is -0.135. The van der Waals surface area contributed by atoms with Gasteiger partial charge in [0, 0.05) is 13.0 Å². The Morgan fingerprint density at radius 1 is 1.31 bits per heavy atom. The van der Waals surface area contributed by atoms with Crippen LogP contribution in [-0.2, 0) is 9.59 Å². The Morgan fingerprint density at radius 3 is 2.69 bits per heavy atom. The third kappa shape index (κ3) is 3.44. The highest BCUT2D eigenvalue weighted by atomic mass is 16.2. The van der Waals surface area contributed by atoms with Crippen LogP contribution in [0.25, 0.3) is 0 Å². The van der Waals surface area contributed by atoms with Crippen molar-refractivity contribution in [2.75, 3.05) is 13.1 Å². The largest absolute Gasteiger partial charge is 0.368 e. The van der Waals surface area contributed by atoms with E-state index in [1.165, 1.54) is 0 Å². The summed E-state index contributed by atoms with van der Waals surface area (Å²) in [5, 5.41) is 0. The zero-order valence-electron chi connectivity index (χ0n) is 7.79. The summed E-state index contributed by atoms with van der Waals surface area (Å²) < 4.78 is 0. The van der Waals surface area contributed by atoms with Crippen LogP contribution in [0.2, 0.25) is 0 Å². The lowest BCUT2D eigenvalue weighted by atomic mass is 10.1. The Morgan fingerprint density at radius 2 is 2.00 bits per heavy atom. The molecule has 13 heavy (non-hydrogen) atoms. The molecular weight excluding hydrogens is 168 g/mol. The first-order chi connectivity index (χ1) is 6.20. The van der Waals surface area contributed by atoms with Crippen molar-refractivity contribution in [3.8, 4) is 0 Å². The molecule has 0 spiro atoms. The lowest BCUT2D eigenvalue weighted by Gasteiger charge is -2.23. The van der Waals surface area contributed by atoms with Crippen molar-refractivity contribution >= 4 is 11.8 Å². The third-order valence-corrected chi connectivity index (χ3v) is 2.27. The number of rotatable bonds is 2. The van der Waals surface area contributed by atoms with E-state index in [-0.39, 0.29) is 12.5 Å². The number of nitrogens with zero attached hydrogens (tertiary/aromatic N) is 1. The lowest BCUT2D eigenvalue weighted by Crippen LogP contribution is -2.39. The molecule has 0 aliphatic carbocycles. The van der Waals surface area contributed by atoms with E-state index in [2.05, 4.69) is 0 Å². The van der Waals surface area contributed by atoms with Gasteiger partial charge in [-0.15, -0.1) is 0 Å². The Hall–Kier alpha value is -1.06. The van der Waals surface area contributed by atoms with Crippen LogP contribution in [0.4, 0.5) is 0 Å². The van der Waals surface area contributed by atoms with Gasteiger partial charge in [-0.2, -0.15) is 0 Å². The second-order valence-corrected chi connectivity index (χ2v) is 3.45. The Balaban J connectivity index is 2.46. The molecule has 1 heterocycles. The van der Waals surface area contributed by atoms with E-state index in [4.69, 9.17) is 5.73 Å². The number of hydrogen-bond acceptors (Lipinski definition) is 2. The Bertz CT molecular complexity index is 204. The maximum atomic E-state index is 11.4. The van der Waals surface area contributed by atoms with Gasteiger partial charge in [0.2, 0.25) is 11.8 Å². The summed E-state index contributed by atoms with van der Waals surface area (Å²) in [7, 11) is 0. The molecular formula is C9H16N2O2. The fraction of sp³-hybridized carbons (Fsp3) is 0.778. The average molecular weight is 184 g/mol. The number of hydrogen-bond donors (Lipinski definition) is 1. The third-order valence-electron chi connectivity index (χ3n) is 2.27. The highest BCUT2D eigenvalue weighted by Gasteiger charge is 2.16. The van der Waals surface area contributed by atoms with Crippen molar-refractivity contribution in [1.82, 2.24) is 4.90 Å². The number of amides is 2. The van der Waals surface area contributed by atoms with Crippen molar-refractivity contribution in [2.24, 2.45) is 5.73 Å². The van der Waals surface area contributed by atoms with Crippen molar-refractivity contribution < 1.29 is 9.59 Å². The van der Waals surface area contributed by atoms with Crippen molar-refractivity contribution in [1.29, 1.82) is 0 Å². The fourth-order valence-corrected chi connectivity index (χ4v) is 1.57. The van der Waals surface area contributed by atoms with Crippen LogP contribution in [0.1, 0.15) is 32.1 Å². The molecule has 1 aliphatic rings. The molecule has 0 atom stereocenters. The second kappa shape index (κ2) is 4.84. The Kier molecular flexibility index (Phi) is 3.73. The highest BCUT2D eigenvalue weighted by molar-refractivity contribution is 5.83. The van der Waals surface area contributed by atoms with Crippen LogP contribution in [-0.4, -0.2) is 29.8 Å². The molecule has 1 saturated heterocycles. The van der Waals surface area contributed by atoms with Gasteiger partial charge < -0.3 is 10.6 Å². The topological polar surface area (TPSA) is 63.4 Å². The number of likely N-dealkylation sites (tertiary alicyclic amines) is 1. The standard InChI is InChI=1S/C9H16N2O2/c10-8(12)7-11-6-4-2-1-3-5-9(11)13/h1-7H2,(H2,10,12). The van der Waals surface area contributed by atoms with Gasteiger partial charge in [-0.25, -0.2) is 0 Å². The molecule has 1 aliphatic heterocycles. The Labute approximate surface area is 78.1 Å². The number of nitrogens with two attached hydrogens (primary N) is 1. The van der Waals surface area contributed by atoms with Crippen LogP contribution < -0.4 is 5.73 Å². The summed E-state index contributed by atoms with van der Waals surface area (Å²) in [6.07, 6.45) is 4.75. The minimum Gasteiger partial charge on any atom is -0.368 e. The van der Waals surface area contributed by atoms with Gasteiger partial charge in [-0.1, -0.05) is 12.8 Å². The minimum atomic E-state index is -0.422. The normalized spacial score (nSPS) is 19.4. The quantitative estimate of drug-likeness (QED) is 0.669. The molecule has 0 bridgehead atoms. The predicted molar refractivity (Wildman–Crippen MR) is 48.9 cm³/mol. The van der Waals surface area contributed by atoms with Crippen LogP contribution in [0, 0.1) is 0 Å². The molecule has 2 amide bonds. The summed E-state index contributed by atoms with van der Waals surface area (Å²) in [6, 6.07) is 0. The first-order valence-electron chi connectivity index (χ1n) is 4.76. The molecule has 0 radical (unpaired) electrons. The molecule has 1 fully saturated rings. The molecule has 1 rings (SSSR count). The first-order valence-corrected chi connectivity index (χ1v) is 4.76. The summed E-state index contributed by atoms with van der Waals surface area (Å²) in [5.41, 5.74) is 5.04. The van der Waals surface area contributed by atoms with E-state index >= 15 is 0 Å². The molecule has 0 aromatic heterocycles. The SMILES string of the molecule is NC(=O)CN1CCCCCCC1=O. The zero-order valence-corrected chi connectivity index (χ0v) is 7.79. The molecule has 0 saturated carbocycles. The molecule has 0 aromatic carbocycles. The van der Waals surface area contributed by atoms with Crippen LogP contribution in [0.15, 0.2) is 0 Å². The van der Waals surface area contributed by atoms with Gasteiger partial charge in [-0.3, -0.25) is 9.59 Å². The molecule has 74 valence electrons. The van der Waals surface area contributed by atoms with E-state index < -0.39 is 5.91 Å².